The van der Waals surface area contributed by atoms with Crippen LogP contribution >= 0.6 is 0 Å². The largest absolute Gasteiger partial charge is 0.358 e. The predicted octanol–water partition coefficient (Wildman–Crippen LogP) is 3.76. The molecule has 17 heavy (non-hydrogen) atoms. The standard InChI is InChI=1S/C15H22N2/c1-6-16-11(4)14-12(5)17-15-10(3)7-9(2)8-13(14)15/h7-8,11,16-17H,6H2,1-5H3. The number of benzene rings is 1. The average molecular weight is 230 g/mol. The summed E-state index contributed by atoms with van der Waals surface area (Å²) in [6.45, 7) is 11.9. The van der Waals surface area contributed by atoms with Crippen molar-refractivity contribution in [3.63, 3.8) is 0 Å². The lowest BCUT2D eigenvalue weighted by Gasteiger charge is -2.13. The molecule has 2 N–H and O–H groups in total. The highest BCUT2D eigenvalue weighted by atomic mass is 14.9. The molecule has 1 unspecified atom stereocenters. The van der Waals surface area contributed by atoms with Crippen LogP contribution in [0.25, 0.3) is 10.9 Å². The molecule has 0 aliphatic rings. The number of aromatic amines is 1. The Hall–Kier alpha value is -1.28. The van der Waals surface area contributed by atoms with Gasteiger partial charge in [0.15, 0.2) is 0 Å². The molecule has 0 saturated heterocycles. The summed E-state index contributed by atoms with van der Waals surface area (Å²) in [5.41, 5.74) is 6.64. The van der Waals surface area contributed by atoms with E-state index in [-0.39, 0.29) is 0 Å². The third-order valence-electron chi connectivity index (χ3n) is 3.43. The van der Waals surface area contributed by atoms with E-state index >= 15 is 0 Å². The second-order valence-corrected chi connectivity index (χ2v) is 4.95. The van der Waals surface area contributed by atoms with Gasteiger partial charge in [-0.25, -0.2) is 0 Å². The van der Waals surface area contributed by atoms with E-state index < -0.39 is 0 Å². The number of aryl methyl sites for hydroxylation is 3. The molecule has 2 aromatic rings. The maximum absolute atomic E-state index is 3.52. The second-order valence-electron chi connectivity index (χ2n) is 4.95. The quantitative estimate of drug-likeness (QED) is 0.825. The molecule has 2 heteroatoms. The Kier molecular flexibility index (Phi) is 3.25. The van der Waals surface area contributed by atoms with Crippen LogP contribution in [0.2, 0.25) is 0 Å². The predicted molar refractivity (Wildman–Crippen MR) is 74.6 cm³/mol. The lowest BCUT2D eigenvalue weighted by molar-refractivity contribution is 0.599. The summed E-state index contributed by atoms with van der Waals surface area (Å²) in [5, 5.41) is 4.87. The first-order valence-electron chi connectivity index (χ1n) is 6.37. The maximum Gasteiger partial charge on any atom is 0.0489 e. The number of aromatic nitrogens is 1. The fraction of sp³-hybridized carbons (Fsp3) is 0.467. The van der Waals surface area contributed by atoms with Crippen LogP contribution in [0.5, 0.6) is 0 Å². The molecule has 0 aliphatic heterocycles. The minimum absolute atomic E-state index is 0.398. The van der Waals surface area contributed by atoms with Crippen LogP contribution in [-0.2, 0) is 0 Å². The topological polar surface area (TPSA) is 27.8 Å². The Bertz CT molecular complexity index is 537. The van der Waals surface area contributed by atoms with Crippen molar-refractivity contribution in [2.45, 2.75) is 40.7 Å². The molecule has 1 heterocycles. The molecule has 92 valence electrons. The fourth-order valence-electron chi connectivity index (χ4n) is 2.77. The van der Waals surface area contributed by atoms with Crippen LogP contribution in [-0.4, -0.2) is 11.5 Å². The van der Waals surface area contributed by atoms with Crippen LogP contribution < -0.4 is 5.32 Å². The van der Waals surface area contributed by atoms with Crippen LogP contribution in [0.4, 0.5) is 0 Å². The van der Waals surface area contributed by atoms with E-state index in [1.165, 1.54) is 33.3 Å². The van der Waals surface area contributed by atoms with E-state index in [1.54, 1.807) is 0 Å². The molecule has 0 bridgehead atoms. The molecule has 0 spiro atoms. The van der Waals surface area contributed by atoms with Gasteiger partial charge in [-0.1, -0.05) is 18.6 Å². The van der Waals surface area contributed by atoms with Crippen molar-refractivity contribution < 1.29 is 0 Å². The Morgan fingerprint density at radius 2 is 1.94 bits per heavy atom. The van der Waals surface area contributed by atoms with Crippen molar-refractivity contribution in [3.05, 3.63) is 34.5 Å². The van der Waals surface area contributed by atoms with Crippen LogP contribution in [0.15, 0.2) is 12.1 Å². The monoisotopic (exact) mass is 230 g/mol. The summed E-state index contributed by atoms with van der Waals surface area (Å²) < 4.78 is 0. The van der Waals surface area contributed by atoms with Gasteiger partial charge in [-0.05, 0) is 51.4 Å². The summed E-state index contributed by atoms with van der Waals surface area (Å²) in [4.78, 5) is 3.52. The zero-order valence-electron chi connectivity index (χ0n) is 11.4. The van der Waals surface area contributed by atoms with Gasteiger partial charge in [0.05, 0.1) is 0 Å². The van der Waals surface area contributed by atoms with Crippen LogP contribution in [0.3, 0.4) is 0 Å². The Balaban J connectivity index is 2.66. The summed E-state index contributed by atoms with van der Waals surface area (Å²) in [7, 11) is 0. The highest BCUT2D eigenvalue weighted by Crippen LogP contribution is 2.30. The average Bonchev–Trinajstić information content (AvgIpc) is 2.55. The van der Waals surface area contributed by atoms with Gasteiger partial charge in [-0.15, -0.1) is 0 Å². The van der Waals surface area contributed by atoms with Gasteiger partial charge in [-0.2, -0.15) is 0 Å². The first-order valence-corrected chi connectivity index (χ1v) is 6.37. The Morgan fingerprint density at radius 1 is 1.24 bits per heavy atom. The van der Waals surface area contributed by atoms with Crippen molar-refractivity contribution in [2.75, 3.05) is 6.54 Å². The summed E-state index contributed by atoms with van der Waals surface area (Å²) >= 11 is 0. The van der Waals surface area contributed by atoms with Gasteiger partial charge in [-0.3, -0.25) is 0 Å². The lowest BCUT2D eigenvalue weighted by Crippen LogP contribution is -2.18. The van der Waals surface area contributed by atoms with Gasteiger partial charge < -0.3 is 10.3 Å². The number of fused-ring (bicyclic) bond motifs is 1. The third kappa shape index (κ3) is 2.09. The van der Waals surface area contributed by atoms with Crippen molar-refractivity contribution in [1.82, 2.24) is 10.3 Å². The van der Waals surface area contributed by atoms with E-state index in [0.717, 1.165) is 6.54 Å². The van der Waals surface area contributed by atoms with Crippen molar-refractivity contribution in [1.29, 1.82) is 0 Å². The van der Waals surface area contributed by atoms with Crippen molar-refractivity contribution >= 4 is 10.9 Å². The van der Waals surface area contributed by atoms with E-state index in [0.29, 0.717) is 6.04 Å². The molecule has 0 fully saturated rings. The molecule has 0 radical (unpaired) electrons. The summed E-state index contributed by atoms with van der Waals surface area (Å²) in [5.74, 6) is 0. The molecule has 2 nitrogen and oxygen atoms in total. The van der Waals surface area contributed by atoms with E-state index in [4.69, 9.17) is 0 Å². The molecule has 0 aliphatic carbocycles. The first-order chi connectivity index (χ1) is 8.04. The van der Waals surface area contributed by atoms with Crippen molar-refractivity contribution in [2.24, 2.45) is 0 Å². The minimum Gasteiger partial charge on any atom is -0.358 e. The van der Waals surface area contributed by atoms with Gasteiger partial charge in [0.1, 0.15) is 0 Å². The number of H-pyrrole nitrogens is 1. The molecule has 0 saturated carbocycles. The molecule has 1 atom stereocenters. The molecule has 0 amide bonds. The van der Waals surface area contributed by atoms with Gasteiger partial charge >= 0.3 is 0 Å². The third-order valence-corrected chi connectivity index (χ3v) is 3.43. The highest BCUT2D eigenvalue weighted by molar-refractivity contribution is 5.88. The zero-order valence-corrected chi connectivity index (χ0v) is 11.4. The smallest absolute Gasteiger partial charge is 0.0489 e. The van der Waals surface area contributed by atoms with Gasteiger partial charge in [0.25, 0.3) is 0 Å². The SMILES string of the molecule is CCNC(C)c1c(C)[nH]c2c(C)cc(C)cc12. The second kappa shape index (κ2) is 4.53. The van der Waals surface area contributed by atoms with Crippen LogP contribution in [0, 0.1) is 20.8 Å². The Morgan fingerprint density at radius 3 is 2.59 bits per heavy atom. The Labute approximate surface area is 103 Å². The first kappa shape index (κ1) is 12.2. The van der Waals surface area contributed by atoms with Crippen LogP contribution in [0.1, 0.15) is 42.3 Å². The molecule has 2 rings (SSSR count). The van der Waals surface area contributed by atoms with Gasteiger partial charge in [0, 0.05) is 22.6 Å². The molecular formula is C15H22N2. The minimum atomic E-state index is 0.398. The maximum atomic E-state index is 3.52. The highest BCUT2D eigenvalue weighted by Gasteiger charge is 2.15. The molecule has 1 aromatic heterocycles. The normalized spacial score (nSPS) is 13.2. The van der Waals surface area contributed by atoms with E-state index in [2.05, 4.69) is 57.1 Å². The lowest BCUT2D eigenvalue weighted by atomic mass is 10.0. The number of hydrogen-bond donors (Lipinski definition) is 2. The number of hydrogen-bond acceptors (Lipinski definition) is 1. The number of nitrogens with one attached hydrogen (secondary N) is 2. The van der Waals surface area contributed by atoms with Crippen molar-refractivity contribution in [3.8, 4) is 0 Å². The molecular weight excluding hydrogens is 208 g/mol. The van der Waals surface area contributed by atoms with E-state index in [1.807, 2.05) is 0 Å². The fourth-order valence-corrected chi connectivity index (χ4v) is 2.77. The number of rotatable bonds is 3. The molecule has 1 aromatic carbocycles. The summed E-state index contributed by atoms with van der Waals surface area (Å²) in [6, 6.07) is 4.92. The van der Waals surface area contributed by atoms with E-state index in [9.17, 15) is 0 Å². The van der Waals surface area contributed by atoms with Gasteiger partial charge in [0.2, 0.25) is 0 Å². The summed E-state index contributed by atoms with van der Waals surface area (Å²) in [6.07, 6.45) is 0. The zero-order chi connectivity index (χ0) is 12.6.